The molecular weight excluding hydrogens is 204 g/mol. The van der Waals surface area contributed by atoms with E-state index < -0.39 is 5.91 Å². The molecular formula is C12H12N2O2. The van der Waals surface area contributed by atoms with Gasteiger partial charge in [-0.3, -0.25) is 9.59 Å². The number of hydrogen-bond donors (Lipinski definition) is 2. The number of amides is 2. The molecule has 0 saturated carbocycles. The van der Waals surface area contributed by atoms with Crippen molar-refractivity contribution in [3.63, 3.8) is 0 Å². The molecule has 0 aromatic heterocycles. The number of carbonyl (C=O) groups is 2. The zero-order valence-corrected chi connectivity index (χ0v) is 8.91. The normalized spacial score (nSPS) is 8.81. The van der Waals surface area contributed by atoms with E-state index >= 15 is 0 Å². The molecule has 16 heavy (non-hydrogen) atoms. The smallest absolute Gasteiger partial charge is 0.229 e. The third kappa shape index (κ3) is 4.29. The number of benzene rings is 1. The first kappa shape index (κ1) is 11.8. The molecule has 1 aromatic rings. The molecule has 0 saturated heterocycles. The number of rotatable bonds is 2. The van der Waals surface area contributed by atoms with Crippen LogP contribution in [0, 0.1) is 11.8 Å². The van der Waals surface area contributed by atoms with Gasteiger partial charge in [-0.2, -0.15) is 0 Å². The monoisotopic (exact) mass is 216 g/mol. The second kappa shape index (κ2) is 5.56. The molecule has 0 radical (unpaired) electrons. The number of hydrogen-bond acceptors (Lipinski definition) is 2. The van der Waals surface area contributed by atoms with E-state index in [1.165, 1.54) is 6.92 Å². The van der Waals surface area contributed by atoms with Crippen molar-refractivity contribution in [1.82, 2.24) is 0 Å². The van der Waals surface area contributed by atoms with Crippen molar-refractivity contribution in [3.05, 3.63) is 29.8 Å². The number of primary amides is 1. The highest BCUT2D eigenvalue weighted by Crippen LogP contribution is 2.08. The number of carbonyl (C=O) groups excluding carboxylic acids is 2. The van der Waals surface area contributed by atoms with Gasteiger partial charge in [0.1, 0.15) is 0 Å². The van der Waals surface area contributed by atoms with Gasteiger partial charge in [-0.25, -0.2) is 0 Å². The number of anilines is 1. The minimum absolute atomic E-state index is 0.0491. The highest BCUT2D eigenvalue weighted by molar-refractivity contribution is 5.88. The van der Waals surface area contributed by atoms with Crippen molar-refractivity contribution < 1.29 is 9.59 Å². The van der Waals surface area contributed by atoms with E-state index in [9.17, 15) is 9.59 Å². The molecule has 0 atom stereocenters. The molecule has 0 fully saturated rings. The highest BCUT2D eigenvalue weighted by atomic mass is 16.1. The van der Waals surface area contributed by atoms with Crippen molar-refractivity contribution in [1.29, 1.82) is 0 Å². The van der Waals surface area contributed by atoms with Crippen LogP contribution in [0.25, 0.3) is 0 Å². The van der Waals surface area contributed by atoms with Crippen molar-refractivity contribution in [2.24, 2.45) is 5.73 Å². The lowest BCUT2D eigenvalue weighted by atomic mass is 10.2. The summed E-state index contributed by atoms with van der Waals surface area (Å²) in [6.07, 6.45) is 0.0491. The van der Waals surface area contributed by atoms with Crippen LogP contribution >= 0.6 is 0 Å². The maximum Gasteiger partial charge on any atom is 0.229 e. The van der Waals surface area contributed by atoms with Crippen molar-refractivity contribution in [3.8, 4) is 11.8 Å². The Kier molecular flexibility index (Phi) is 4.10. The van der Waals surface area contributed by atoms with Gasteiger partial charge in [0, 0.05) is 18.2 Å². The van der Waals surface area contributed by atoms with E-state index in [1.807, 2.05) is 0 Å². The third-order valence-electron chi connectivity index (χ3n) is 1.70. The number of nitrogens with two attached hydrogens (primary N) is 1. The Hall–Kier alpha value is -2.28. The summed E-state index contributed by atoms with van der Waals surface area (Å²) < 4.78 is 0. The molecule has 4 heteroatoms. The van der Waals surface area contributed by atoms with Crippen LogP contribution < -0.4 is 11.1 Å². The van der Waals surface area contributed by atoms with Crippen LogP contribution in [-0.4, -0.2) is 11.8 Å². The van der Waals surface area contributed by atoms with Crippen LogP contribution in [-0.2, 0) is 9.59 Å². The fourth-order valence-electron chi connectivity index (χ4n) is 1.07. The predicted octanol–water partition coefficient (Wildman–Crippen LogP) is 0.872. The lowest BCUT2D eigenvalue weighted by Gasteiger charge is -2.00. The first-order valence-electron chi connectivity index (χ1n) is 4.73. The Balaban J connectivity index is 2.66. The minimum atomic E-state index is -0.442. The summed E-state index contributed by atoms with van der Waals surface area (Å²) >= 11 is 0. The first-order valence-corrected chi connectivity index (χ1v) is 4.73. The molecule has 0 spiro atoms. The average Bonchev–Trinajstić information content (AvgIpc) is 2.19. The van der Waals surface area contributed by atoms with E-state index in [4.69, 9.17) is 5.73 Å². The third-order valence-corrected chi connectivity index (χ3v) is 1.70. The summed E-state index contributed by atoms with van der Waals surface area (Å²) in [5.74, 6) is 4.88. The Morgan fingerprint density at radius 1 is 1.31 bits per heavy atom. The summed E-state index contributed by atoms with van der Waals surface area (Å²) in [5.41, 5.74) is 6.44. The fraction of sp³-hybridized carbons (Fsp3) is 0.167. The van der Waals surface area contributed by atoms with Crippen LogP contribution in [0.5, 0.6) is 0 Å². The molecule has 2 amide bonds. The van der Waals surface area contributed by atoms with Gasteiger partial charge in [0.15, 0.2) is 0 Å². The molecule has 1 rings (SSSR count). The Labute approximate surface area is 93.8 Å². The second-order valence-corrected chi connectivity index (χ2v) is 3.20. The van der Waals surface area contributed by atoms with Crippen molar-refractivity contribution in [2.75, 3.05) is 5.32 Å². The van der Waals surface area contributed by atoms with Crippen LogP contribution in [0.1, 0.15) is 18.9 Å². The Morgan fingerprint density at radius 2 is 1.94 bits per heavy atom. The van der Waals surface area contributed by atoms with Crippen LogP contribution in [0.15, 0.2) is 24.3 Å². The molecule has 3 N–H and O–H groups in total. The molecule has 0 aliphatic carbocycles. The van der Waals surface area contributed by atoms with Gasteiger partial charge in [-0.05, 0) is 24.3 Å². The van der Waals surface area contributed by atoms with Gasteiger partial charge in [-0.1, -0.05) is 11.8 Å². The van der Waals surface area contributed by atoms with Gasteiger partial charge in [0.2, 0.25) is 11.8 Å². The largest absolute Gasteiger partial charge is 0.369 e. The van der Waals surface area contributed by atoms with E-state index in [2.05, 4.69) is 17.2 Å². The zero-order valence-electron chi connectivity index (χ0n) is 8.91. The molecule has 0 heterocycles. The van der Waals surface area contributed by atoms with E-state index in [-0.39, 0.29) is 12.3 Å². The summed E-state index contributed by atoms with van der Waals surface area (Å²) in [6.45, 7) is 1.45. The zero-order chi connectivity index (χ0) is 12.0. The molecule has 0 bridgehead atoms. The van der Waals surface area contributed by atoms with Crippen LogP contribution in [0.4, 0.5) is 5.69 Å². The lowest BCUT2D eigenvalue weighted by molar-refractivity contribution is -0.117. The molecule has 1 aromatic carbocycles. The molecule has 82 valence electrons. The van der Waals surface area contributed by atoms with Crippen molar-refractivity contribution >= 4 is 17.5 Å². The van der Waals surface area contributed by atoms with Gasteiger partial charge >= 0.3 is 0 Å². The van der Waals surface area contributed by atoms with Gasteiger partial charge in [0.25, 0.3) is 0 Å². The van der Waals surface area contributed by atoms with Gasteiger partial charge in [0.05, 0.1) is 6.42 Å². The second-order valence-electron chi connectivity index (χ2n) is 3.20. The SMILES string of the molecule is CC(=O)Nc1ccc(C#CCC(N)=O)cc1. The number of nitrogens with one attached hydrogen (secondary N) is 1. The fourth-order valence-corrected chi connectivity index (χ4v) is 1.07. The quantitative estimate of drug-likeness (QED) is 0.720. The van der Waals surface area contributed by atoms with Crippen LogP contribution in [0.3, 0.4) is 0 Å². The van der Waals surface area contributed by atoms with Crippen LogP contribution in [0.2, 0.25) is 0 Å². The standard InChI is InChI=1S/C12H12N2O2/c1-9(15)14-11-7-5-10(6-8-11)3-2-4-12(13)16/h5-8H,4H2,1H3,(H2,13,16)(H,14,15). The van der Waals surface area contributed by atoms with Gasteiger partial charge < -0.3 is 11.1 Å². The van der Waals surface area contributed by atoms with Crippen molar-refractivity contribution in [2.45, 2.75) is 13.3 Å². The van der Waals surface area contributed by atoms with E-state index in [1.54, 1.807) is 24.3 Å². The topological polar surface area (TPSA) is 72.2 Å². The minimum Gasteiger partial charge on any atom is -0.369 e. The van der Waals surface area contributed by atoms with Gasteiger partial charge in [-0.15, -0.1) is 0 Å². The predicted molar refractivity (Wildman–Crippen MR) is 61.4 cm³/mol. The molecule has 4 nitrogen and oxygen atoms in total. The average molecular weight is 216 g/mol. The summed E-state index contributed by atoms with van der Waals surface area (Å²) in [6, 6.07) is 7.02. The summed E-state index contributed by atoms with van der Waals surface area (Å²) in [4.78, 5) is 21.2. The highest BCUT2D eigenvalue weighted by Gasteiger charge is 1.94. The Morgan fingerprint density at radius 3 is 2.44 bits per heavy atom. The summed E-state index contributed by atoms with van der Waals surface area (Å²) in [5, 5.41) is 2.65. The maximum absolute atomic E-state index is 10.8. The molecule has 0 aliphatic heterocycles. The molecule has 0 aliphatic rings. The Bertz CT molecular complexity index is 452. The lowest BCUT2D eigenvalue weighted by Crippen LogP contribution is -2.08. The molecule has 0 unspecified atom stereocenters. The van der Waals surface area contributed by atoms with E-state index in [0.717, 1.165) is 5.56 Å². The maximum atomic E-state index is 10.8. The first-order chi connectivity index (χ1) is 7.58. The van der Waals surface area contributed by atoms with E-state index in [0.29, 0.717) is 5.69 Å². The summed E-state index contributed by atoms with van der Waals surface area (Å²) in [7, 11) is 0.